The minimum atomic E-state index is 0.461. The van der Waals surface area contributed by atoms with Gasteiger partial charge in [-0.05, 0) is 12.1 Å². The topological polar surface area (TPSA) is 0 Å². The largest absolute Gasteiger partial charge is 0.141 e. The summed E-state index contributed by atoms with van der Waals surface area (Å²) in [6.45, 7) is 0. The molecular weight excluding hydrogens is 175 g/mol. The lowest BCUT2D eigenvalue weighted by Gasteiger charge is -1.94. The smallest absolute Gasteiger partial charge is 0.0731 e. The van der Waals surface area contributed by atoms with Crippen molar-refractivity contribution in [1.82, 2.24) is 0 Å². The first-order chi connectivity index (χ1) is 4.22. The molecule has 0 aliphatic heterocycles. The van der Waals surface area contributed by atoms with Gasteiger partial charge in [-0.1, -0.05) is 29.3 Å². The maximum atomic E-state index is 5.64. The zero-order valence-corrected chi connectivity index (χ0v) is 6.76. The molecule has 0 aliphatic carbocycles. The third kappa shape index (κ3) is 1.54. The van der Waals surface area contributed by atoms with E-state index in [2.05, 4.69) is 18.7 Å². The van der Waals surface area contributed by atoms with E-state index in [0.717, 1.165) is 0 Å². The van der Waals surface area contributed by atoms with Crippen molar-refractivity contribution in [3.63, 3.8) is 0 Å². The monoisotopic (exact) mass is 177 g/mol. The molecule has 1 aromatic carbocycles. The standard InChI is InChI=1S/C6H3Cl2S/c7-4-2-1-3-5(9)6(4)8/h1-2,9H. The molecule has 0 aliphatic rings. The molecule has 3 heteroatoms. The van der Waals surface area contributed by atoms with Crippen LogP contribution in [-0.2, 0) is 0 Å². The van der Waals surface area contributed by atoms with Gasteiger partial charge in [-0.3, -0.25) is 0 Å². The lowest BCUT2D eigenvalue weighted by Crippen LogP contribution is -1.69. The van der Waals surface area contributed by atoms with Crippen molar-refractivity contribution in [3.8, 4) is 0 Å². The molecule has 0 saturated heterocycles. The van der Waals surface area contributed by atoms with Crippen LogP contribution in [-0.4, -0.2) is 0 Å². The second kappa shape index (κ2) is 2.82. The van der Waals surface area contributed by atoms with Gasteiger partial charge < -0.3 is 0 Å². The Morgan fingerprint density at radius 3 is 2.56 bits per heavy atom. The molecule has 0 bridgehead atoms. The Morgan fingerprint density at radius 2 is 2.11 bits per heavy atom. The van der Waals surface area contributed by atoms with Crippen LogP contribution < -0.4 is 0 Å². The normalized spacial score (nSPS) is 9.67. The third-order valence-electron chi connectivity index (χ3n) is 0.867. The first kappa shape index (κ1) is 7.26. The van der Waals surface area contributed by atoms with Crippen molar-refractivity contribution in [1.29, 1.82) is 0 Å². The molecule has 0 nitrogen and oxygen atoms in total. The van der Waals surface area contributed by atoms with E-state index < -0.39 is 0 Å². The fraction of sp³-hybridized carbons (Fsp3) is 0. The van der Waals surface area contributed by atoms with Gasteiger partial charge in [-0.25, -0.2) is 0 Å². The first-order valence-electron chi connectivity index (χ1n) is 2.26. The summed E-state index contributed by atoms with van der Waals surface area (Å²) in [4.78, 5) is 0.587. The van der Waals surface area contributed by atoms with Gasteiger partial charge in [0.05, 0.1) is 10.0 Å². The highest BCUT2D eigenvalue weighted by Gasteiger charge is 1.98. The molecule has 0 heterocycles. The van der Waals surface area contributed by atoms with E-state index in [0.29, 0.717) is 14.9 Å². The maximum Gasteiger partial charge on any atom is 0.0731 e. The van der Waals surface area contributed by atoms with Crippen LogP contribution in [0.25, 0.3) is 0 Å². The van der Waals surface area contributed by atoms with E-state index in [9.17, 15) is 0 Å². The number of benzene rings is 1. The average molecular weight is 178 g/mol. The SMILES string of the molecule is Sc1[c]ccc(Cl)c1Cl. The van der Waals surface area contributed by atoms with Crippen molar-refractivity contribution in [2.75, 3.05) is 0 Å². The molecule has 9 heavy (non-hydrogen) atoms. The molecular formula is C6H3Cl2S. The molecule has 0 unspecified atom stereocenters. The summed E-state index contributed by atoms with van der Waals surface area (Å²) in [7, 11) is 0. The molecule has 0 amide bonds. The molecule has 47 valence electrons. The number of rotatable bonds is 0. The predicted molar refractivity (Wildman–Crippen MR) is 42.6 cm³/mol. The summed E-state index contributed by atoms with van der Waals surface area (Å²) < 4.78 is 0. The van der Waals surface area contributed by atoms with Gasteiger partial charge in [0.25, 0.3) is 0 Å². The summed E-state index contributed by atoms with van der Waals surface area (Å²) >= 11 is 15.2. The summed E-state index contributed by atoms with van der Waals surface area (Å²) in [6, 6.07) is 6.14. The van der Waals surface area contributed by atoms with E-state index in [4.69, 9.17) is 23.2 Å². The Balaban J connectivity index is 3.25. The van der Waals surface area contributed by atoms with Crippen molar-refractivity contribution in [2.24, 2.45) is 0 Å². The van der Waals surface area contributed by atoms with Crippen molar-refractivity contribution < 1.29 is 0 Å². The van der Waals surface area contributed by atoms with Gasteiger partial charge in [0, 0.05) is 4.90 Å². The molecule has 1 radical (unpaired) electrons. The van der Waals surface area contributed by atoms with Crippen LogP contribution >= 0.6 is 35.8 Å². The van der Waals surface area contributed by atoms with E-state index in [1.54, 1.807) is 12.1 Å². The van der Waals surface area contributed by atoms with Crippen LogP contribution in [0.15, 0.2) is 17.0 Å². The summed E-state index contributed by atoms with van der Waals surface area (Å²) in [5, 5.41) is 0.975. The van der Waals surface area contributed by atoms with Crippen LogP contribution in [0.2, 0.25) is 10.0 Å². The van der Waals surface area contributed by atoms with Crippen molar-refractivity contribution >= 4 is 35.8 Å². The molecule has 0 saturated carbocycles. The van der Waals surface area contributed by atoms with E-state index in [1.807, 2.05) is 0 Å². The third-order valence-corrected chi connectivity index (χ3v) is 2.16. The van der Waals surface area contributed by atoms with Gasteiger partial charge in [0.2, 0.25) is 0 Å². The first-order valence-corrected chi connectivity index (χ1v) is 3.47. The van der Waals surface area contributed by atoms with Gasteiger partial charge in [0.15, 0.2) is 0 Å². The van der Waals surface area contributed by atoms with E-state index >= 15 is 0 Å². The molecule has 0 fully saturated rings. The number of hydrogen-bond donors (Lipinski definition) is 1. The number of halogens is 2. The van der Waals surface area contributed by atoms with Crippen LogP contribution in [0.4, 0.5) is 0 Å². The summed E-state index contributed by atoms with van der Waals surface area (Å²) in [6.07, 6.45) is 0. The summed E-state index contributed by atoms with van der Waals surface area (Å²) in [5.41, 5.74) is 0. The summed E-state index contributed by atoms with van der Waals surface area (Å²) in [5.74, 6) is 0. The molecule has 1 aromatic rings. The van der Waals surface area contributed by atoms with Crippen molar-refractivity contribution in [3.05, 3.63) is 28.2 Å². The fourth-order valence-electron chi connectivity index (χ4n) is 0.443. The molecule has 0 aromatic heterocycles. The van der Waals surface area contributed by atoms with Crippen LogP contribution in [0.3, 0.4) is 0 Å². The van der Waals surface area contributed by atoms with Gasteiger partial charge >= 0.3 is 0 Å². The number of hydrogen-bond acceptors (Lipinski definition) is 1. The quantitative estimate of drug-likeness (QED) is 0.580. The Labute approximate surface area is 69.2 Å². The molecule has 0 atom stereocenters. The van der Waals surface area contributed by atoms with Crippen molar-refractivity contribution in [2.45, 2.75) is 4.90 Å². The van der Waals surface area contributed by atoms with Gasteiger partial charge in [-0.2, -0.15) is 0 Å². The van der Waals surface area contributed by atoms with E-state index in [-0.39, 0.29) is 0 Å². The molecule has 0 spiro atoms. The van der Waals surface area contributed by atoms with Gasteiger partial charge in [-0.15, -0.1) is 12.6 Å². The Hall–Kier alpha value is 0.150. The fourth-order valence-corrected chi connectivity index (χ4v) is 0.979. The number of thiol groups is 1. The van der Waals surface area contributed by atoms with E-state index in [1.165, 1.54) is 0 Å². The van der Waals surface area contributed by atoms with Crippen LogP contribution in [0.1, 0.15) is 0 Å². The van der Waals surface area contributed by atoms with Crippen LogP contribution in [0.5, 0.6) is 0 Å². The lowest BCUT2D eigenvalue weighted by atomic mass is 10.4. The Morgan fingerprint density at radius 1 is 1.44 bits per heavy atom. The second-order valence-electron chi connectivity index (χ2n) is 1.49. The highest BCUT2D eigenvalue weighted by Crippen LogP contribution is 2.26. The Bertz CT molecular complexity index is 202. The predicted octanol–water partition coefficient (Wildman–Crippen LogP) is 3.08. The average Bonchev–Trinajstić information content (AvgIpc) is 1.83. The molecule has 0 N–H and O–H groups in total. The molecule has 1 rings (SSSR count). The Kier molecular flexibility index (Phi) is 2.28. The highest BCUT2D eigenvalue weighted by molar-refractivity contribution is 7.80. The zero-order chi connectivity index (χ0) is 6.85. The van der Waals surface area contributed by atoms with Gasteiger partial charge in [0.1, 0.15) is 0 Å². The highest BCUT2D eigenvalue weighted by atomic mass is 35.5. The maximum absolute atomic E-state index is 5.64. The van der Waals surface area contributed by atoms with Crippen LogP contribution in [0, 0.1) is 6.07 Å². The minimum absolute atomic E-state index is 0.461. The lowest BCUT2D eigenvalue weighted by molar-refractivity contribution is 1.46. The minimum Gasteiger partial charge on any atom is -0.141 e. The zero-order valence-electron chi connectivity index (χ0n) is 4.36. The second-order valence-corrected chi connectivity index (χ2v) is 2.72.